The van der Waals surface area contributed by atoms with Crippen LogP contribution in [-0.4, -0.2) is 41.8 Å². The van der Waals surface area contributed by atoms with Crippen LogP contribution in [-0.2, 0) is 11.2 Å². The number of carbonyl (C=O) groups excluding carboxylic acids is 1. The molecular weight excluding hydrogens is 497 g/mol. The van der Waals surface area contributed by atoms with Crippen LogP contribution in [0.3, 0.4) is 0 Å². The van der Waals surface area contributed by atoms with Crippen molar-refractivity contribution in [1.29, 1.82) is 0 Å². The second-order valence-electron chi connectivity index (χ2n) is 10.9. The van der Waals surface area contributed by atoms with E-state index in [2.05, 4.69) is 73.9 Å². The Kier molecular flexibility index (Phi) is 9.76. The molecule has 2 heterocycles. The molecule has 1 amide bonds. The zero-order valence-corrected chi connectivity index (χ0v) is 24.3. The molecule has 0 bridgehead atoms. The number of hydrogen-bond donors (Lipinski definition) is 0. The van der Waals surface area contributed by atoms with Gasteiger partial charge in [-0.05, 0) is 0 Å². The van der Waals surface area contributed by atoms with Crippen molar-refractivity contribution in [3.05, 3.63) is 45.6 Å². The normalized spacial score (nSPS) is 24.3. The molecule has 0 spiro atoms. The zero-order valence-electron chi connectivity index (χ0n) is 21.4. The molecule has 0 N–H and O–H groups in total. The molecule has 1 aromatic carbocycles. The van der Waals surface area contributed by atoms with E-state index in [4.69, 9.17) is 0 Å². The van der Waals surface area contributed by atoms with E-state index in [1.165, 1.54) is 57.4 Å². The summed E-state index contributed by atoms with van der Waals surface area (Å²) in [5.41, 5.74) is 3.10. The third kappa shape index (κ3) is 5.83. The van der Waals surface area contributed by atoms with E-state index < -0.39 is 18.4 Å². The third-order valence-corrected chi connectivity index (χ3v) is 22.5. The first-order chi connectivity index (χ1) is 15.5. The van der Waals surface area contributed by atoms with E-state index >= 15 is 0 Å². The molecule has 3 atom stereocenters. The van der Waals surface area contributed by atoms with Crippen LogP contribution < -0.4 is 0 Å². The average molecular weight is 544 g/mol. The summed E-state index contributed by atoms with van der Waals surface area (Å²) in [6.07, 6.45) is 9.25. The van der Waals surface area contributed by atoms with Gasteiger partial charge in [0.25, 0.3) is 0 Å². The van der Waals surface area contributed by atoms with Gasteiger partial charge in [0, 0.05) is 0 Å². The zero-order chi connectivity index (χ0) is 23.1. The molecule has 0 radical (unpaired) electrons. The monoisotopic (exact) mass is 545 g/mol. The van der Waals surface area contributed by atoms with E-state index in [0.717, 1.165) is 13.0 Å². The van der Waals surface area contributed by atoms with Crippen molar-refractivity contribution in [2.45, 2.75) is 98.9 Å². The molecule has 2 nitrogen and oxygen atoms in total. The fourth-order valence-electron chi connectivity index (χ4n) is 6.30. The average Bonchev–Trinajstić information content (AvgIpc) is 3.08. The predicted molar refractivity (Wildman–Crippen MR) is 140 cm³/mol. The van der Waals surface area contributed by atoms with Crippen molar-refractivity contribution in [2.24, 2.45) is 17.8 Å². The summed E-state index contributed by atoms with van der Waals surface area (Å²) in [6, 6.07) is 11.5. The van der Waals surface area contributed by atoms with Crippen molar-refractivity contribution in [3.63, 3.8) is 0 Å². The molecule has 32 heavy (non-hydrogen) atoms. The van der Waals surface area contributed by atoms with Gasteiger partial charge in [-0.3, -0.25) is 0 Å². The molecule has 2 saturated heterocycles. The number of rotatable bonds is 13. The fraction of sp³-hybridized carbons (Fsp3) is 0.690. The van der Waals surface area contributed by atoms with Crippen molar-refractivity contribution < 1.29 is 4.79 Å². The van der Waals surface area contributed by atoms with Gasteiger partial charge >= 0.3 is 203 Å². The van der Waals surface area contributed by atoms with Crippen LogP contribution in [0.2, 0.25) is 13.3 Å². The number of benzene rings is 1. The molecular formula is C29H47NOSn. The molecule has 0 saturated carbocycles. The summed E-state index contributed by atoms with van der Waals surface area (Å²) in [5, 5.41) is 0. The van der Waals surface area contributed by atoms with Gasteiger partial charge in [-0.25, -0.2) is 0 Å². The molecule has 3 rings (SSSR count). The topological polar surface area (TPSA) is 20.3 Å². The fourth-order valence-corrected chi connectivity index (χ4v) is 21.9. The molecule has 1 aromatic rings. The Morgan fingerprint density at radius 2 is 1.53 bits per heavy atom. The Morgan fingerprint density at radius 1 is 0.969 bits per heavy atom. The van der Waals surface area contributed by atoms with Crippen LogP contribution in [0, 0.1) is 17.8 Å². The van der Waals surface area contributed by atoms with Crippen LogP contribution in [0.1, 0.15) is 78.7 Å². The number of fused-ring (bicyclic) bond motifs is 1. The minimum absolute atomic E-state index is 0.223. The number of β-lactam (4-membered cyclic amide) rings is 1. The number of nitrogens with zero attached hydrogens (tertiary/aromatic N) is 1. The van der Waals surface area contributed by atoms with E-state index in [1.807, 2.05) is 0 Å². The first-order valence-electron chi connectivity index (χ1n) is 13.5. The van der Waals surface area contributed by atoms with Crippen LogP contribution >= 0.6 is 0 Å². The molecule has 2 fully saturated rings. The summed E-state index contributed by atoms with van der Waals surface area (Å²) >= 11 is -2.41. The standard InChI is InChI=1S/C17H20NO.3C4H9.Sn/c1-11(2)15-16-14(9-13-7-5-4-6-8-13)12(3)10-18(16)17(15)19;3*1-3-4-2;/h3-8,11,14-16H,9-10H2,1-2H3;3*1,3-4H2,2H3;/t14-,15+,16-;;;;/m0..../s1. The van der Waals surface area contributed by atoms with Gasteiger partial charge in [-0.15, -0.1) is 0 Å². The van der Waals surface area contributed by atoms with Gasteiger partial charge in [0.2, 0.25) is 0 Å². The van der Waals surface area contributed by atoms with Gasteiger partial charge < -0.3 is 0 Å². The van der Waals surface area contributed by atoms with Gasteiger partial charge in [-0.2, -0.15) is 0 Å². The third-order valence-electron chi connectivity index (χ3n) is 8.13. The van der Waals surface area contributed by atoms with Crippen LogP contribution in [0.15, 0.2) is 40.0 Å². The van der Waals surface area contributed by atoms with Gasteiger partial charge in [-0.1, -0.05) is 0 Å². The second kappa shape index (κ2) is 12.1. The Hall–Kier alpha value is -0.771. The quantitative estimate of drug-likeness (QED) is 0.185. The second-order valence-corrected chi connectivity index (χ2v) is 23.8. The van der Waals surface area contributed by atoms with E-state index in [-0.39, 0.29) is 5.92 Å². The molecule has 2 aliphatic rings. The molecule has 0 aliphatic carbocycles. The van der Waals surface area contributed by atoms with Gasteiger partial charge in [0.1, 0.15) is 0 Å². The van der Waals surface area contributed by atoms with Crippen LogP contribution in [0.25, 0.3) is 0 Å². The Morgan fingerprint density at radius 3 is 2.03 bits per heavy atom. The summed E-state index contributed by atoms with van der Waals surface area (Å²) in [5.74, 6) is 1.61. The SMILES string of the molecule is CCC[CH2][Sn](/[CH]=C1\CN2C(=O)[C@H](C(C)C)[C@@H]2[C@H]1Cc1ccccc1)([CH2]CCC)[CH2]CCC. The number of hydrogen-bond acceptors (Lipinski definition) is 1. The molecule has 0 aromatic heterocycles. The maximum absolute atomic E-state index is 13.0. The van der Waals surface area contributed by atoms with Gasteiger partial charge in [0.05, 0.1) is 0 Å². The van der Waals surface area contributed by atoms with Crippen molar-refractivity contribution in [1.82, 2.24) is 4.90 Å². The van der Waals surface area contributed by atoms with E-state index in [9.17, 15) is 4.79 Å². The molecule has 178 valence electrons. The van der Waals surface area contributed by atoms with Crippen molar-refractivity contribution in [3.8, 4) is 0 Å². The molecule has 0 unspecified atom stereocenters. The van der Waals surface area contributed by atoms with Crippen molar-refractivity contribution >= 4 is 24.3 Å². The first kappa shape index (κ1) is 25.8. The summed E-state index contributed by atoms with van der Waals surface area (Å²) < 4.78 is 7.48. The first-order valence-corrected chi connectivity index (χ1v) is 21.2. The number of amides is 1. The number of unbranched alkanes of at least 4 members (excludes halogenated alkanes) is 3. The summed E-state index contributed by atoms with van der Waals surface area (Å²) in [7, 11) is 0. The minimum atomic E-state index is -2.41. The van der Waals surface area contributed by atoms with E-state index in [0.29, 0.717) is 23.8 Å². The molecule has 2 aliphatic heterocycles. The summed E-state index contributed by atoms with van der Waals surface area (Å²) in [4.78, 5) is 15.3. The maximum atomic E-state index is 13.0. The van der Waals surface area contributed by atoms with Crippen molar-refractivity contribution in [2.75, 3.05) is 6.54 Å². The predicted octanol–water partition coefficient (Wildman–Crippen LogP) is 7.66. The van der Waals surface area contributed by atoms with E-state index in [1.54, 1.807) is 5.57 Å². The Bertz CT molecular complexity index is 734. The number of carbonyl (C=O) groups is 1. The van der Waals surface area contributed by atoms with Crippen LogP contribution in [0.4, 0.5) is 0 Å². The Labute approximate surface area is 202 Å². The van der Waals surface area contributed by atoms with Crippen LogP contribution in [0.5, 0.6) is 0 Å². The summed E-state index contributed by atoms with van der Waals surface area (Å²) in [6.45, 7) is 12.5. The Balaban J connectivity index is 1.97. The molecule has 3 heteroatoms. The van der Waals surface area contributed by atoms with Gasteiger partial charge in [0.15, 0.2) is 0 Å².